The maximum atomic E-state index is 12.8. The monoisotopic (exact) mass is 381 g/mol. The second kappa shape index (κ2) is 8.00. The largest absolute Gasteiger partial charge is 0.385 e. The van der Waals surface area contributed by atoms with Crippen LogP contribution in [0, 0.1) is 0 Å². The van der Waals surface area contributed by atoms with E-state index in [1.807, 2.05) is 6.92 Å². The Morgan fingerprint density at radius 3 is 2.77 bits per heavy atom. The summed E-state index contributed by atoms with van der Waals surface area (Å²) in [5.41, 5.74) is 0.905. The lowest BCUT2D eigenvalue weighted by molar-refractivity contribution is -0.126. The van der Waals surface area contributed by atoms with Gasteiger partial charge in [-0.15, -0.1) is 5.10 Å². The zero-order valence-electron chi connectivity index (χ0n) is 14.7. The van der Waals surface area contributed by atoms with Crippen molar-refractivity contribution in [2.24, 2.45) is 0 Å². The Morgan fingerprint density at radius 2 is 2.04 bits per heavy atom. The molecule has 9 nitrogen and oxygen atoms in total. The van der Waals surface area contributed by atoms with E-state index in [9.17, 15) is 13.2 Å². The van der Waals surface area contributed by atoms with Gasteiger partial charge in [-0.2, -0.15) is 4.31 Å². The van der Waals surface area contributed by atoms with E-state index >= 15 is 0 Å². The second-order valence-electron chi connectivity index (χ2n) is 6.20. The average Bonchev–Trinajstić information content (AvgIpc) is 3.07. The Bertz CT molecular complexity index is 874. The van der Waals surface area contributed by atoms with Crippen LogP contribution in [0.3, 0.4) is 0 Å². The zero-order chi connectivity index (χ0) is 18.6. The van der Waals surface area contributed by atoms with Gasteiger partial charge in [-0.25, -0.2) is 8.42 Å². The van der Waals surface area contributed by atoms with Crippen molar-refractivity contribution in [3.63, 3.8) is 0 Å². The van der Waals surface area contributed by atoms with Crippen LogP contribution in [0.2, 0.25) is 0 Å². The number of carbonyl (C=O) groups excluding carboxylic acids is 1. The first-order valence-electron chi connectivity index (χ1n) is 8.78. The van der Waals surface area contributed by atoms with Crippen molar-refractivity contribution in [2.45, 2.75) is 37.5 Å². The van der Waals surface area contributed by atoms with E-state index in [0.717, 1.165) is 30.5 Å². The van der Waals surface area contributed by atoms with Crippen LogP contribution in [0.5, 0.6) is 0 Å². The first-order valence-corrected chi connectivity index (χ1v) is 10.2. The van der Waals surface area contributed by atoms with Crippen LogP contribution < -0.4 is 10.2 Å². The van der Waals surface area contributed by atoms with E-state index in [2.05, 4.69) is 15.6 Å². The normalized spacial score (nSPS) is 15.9. The molecule has 1 N–H and O–H groups in total. The SMILES string of the molecule is CCCNC(=O)COn1nnc2ccc(S(=O)(=O)N3CCCCC3)cc21. The molecule has 26 heavy (non-hydrogen) atoms. The van der Waals surface area contributed by atoms with E-state index < -0.39 is 10.0 Å². The minimum Gasteiger partial charge on any atom is -0.385 e. The molecule has 1 aliphatic heterocycles. The van der Waals surface area contributed by atoms with Gasteiger partial charge in [0.1, 0.15) is 11.0 Å². The summed E-state index contributed by atoms with van der Waals surface area (Å²) in [5, 5.41) is 10.5. The molecule has 1 amide bonds. The summed E-state index contributed by atoms with van der Waals surface area (Å²) in [6.45, 7) is 3.37. The highest BCUT2D eigenvalue weighted by atomic mass is 32.2. The summed E-state index contributed by atoms with van der Waals surface area (Å²) in [7, 11) is -3.56. The van der Waals surface area contributed by atoms with E-state index in [1.54, 1.807) is 6.07 Å². The Balaban J connectivity index is 1.80. The summed E-state index contributed by atoms with van der Waals surface area (Å²) in [4.78, 5) is 18.3. The number of hydrogen-bond donors (Lipinski definition) is 1. The van der Waals surface area contributed by atoms with E-state index in [4.69, 9.17) is 4.84 Å². The van der Waals surface area contributed by atoms with Gasteiger partial charge in [-0.1, -0.05) is 18.2 Å². The second-order valence-corrected chi connectivity index (χ2v) is 8.14. The highest BCUT2D eigenvalue weighted by Crippen LogP contribution is 2.23. The maximum absolute atomic E-state index is 12.8. The van der Waals surface area contributed by atoms with Crippen molar-refractivity contribution >= 4 is 27.0 Å². The molecular formula is C16H23N5O4S. The molecule has 1 fully saturated rings. The molecule has 1 aromatic carbocycles. The Hall–Kier alpha value is -2.20. The molecule has 10 heteroatoms. The van der Waals surface area contributed by atoms with Gasteiger partial charge >= 0.3 is 0 Å². The summed E-state index contributed by atoms with van der Waals surface area (Å²) in [6, 6.07) is 4.61. The number of hydrogen-bond acceptors (Lipinski definition) is 6. The summed E-state index contributed by atoms with van der Waals surface area (Å²) < 4.78 is 27.1. The number of nitrogens with one attached hydrogen (secondary N) is 1. The van der Waals surface area contributed by atoms with Gasteiger partial charge in [0.2, 0.25) is 10.0 Å². The van der Waals surface area contributed by atoms with Crippen molar-refractivity contribution < 1.29 is 18.0 Å². The summed E-state index contributed by atoms with van der Waals surface area (Å²) in [5.74, 6) is -0.271. The van der Waals surface area contributed by atoms with Crippen molar-refractivity contribution in [2.75, 3.05) is 26.2 Å². The van der Waals surface area contributed by atoms with Crippen molar-refractivity contribution in [3.8, 4) is 0 Å². The topological polar surface area (TPSA) is 106 Å². The molecule has 0 unspecified atom stereocenters. The van der Waals surface area contributed by atoms with E-state index in [0.29, 0.717) is 30.7 Å². The van der Waals surface area contributed by atoms with Crippen LogP contribution in [0.25, 0.3) is 11.0 Å². The average molecular weight is 381 g/mol. The molecule has 142 valence electrons. The molecular weight excluding hydrogens is 358 g/mol. The van der Waals surface area contributed by atoms with Gasteiger partial charge < -0.3 is 10.2 Å². The fourth-order valence-electron chi connectivity index (χ4n) is 2.82. The molecule has 0 aliphatic carbocycles. The number of fused-ring (bicyclic) bond motifs is 1. The van der Waals surface area contributed by atoms with Gasteiger partial charge in [0.15, 0.2) is 6.61 Å². The molecule has 0 radical (unpaired) electrons. The highest BCUT2D eigenvalue weighted by molar-refractivity contribution is 7.89. The van der Waals surface area contributed by atoms with Crippen LogP contribution in [0.1, 0.15) is 32.6 Å². The standard InChI is InChI=1S/C16H23N5O4S/c1-2-8-17-16(22)12-25-21-15-11-13(6-7-14(15)18-19-21)26(23,24)20-9-4-3-5-10-20/h6-7,11H,2-5,8-10,12H2,1H3,(H,17,22). The number of nitrogens with zero attached hydrogens (tertiary/aromatic N) is 4. The van der Waals surface area contributed by atoms with Crippen LogP contribution in [0.15, 0.2) is 23.1 Å². The predicted molar refractivity (Wildman–Crippen MR) is 94.9 cm³/mol. The first kappa shape index (κ1) is 18.6. The van der Waals surface area contributed by atoms with Crippen LogP contribution >= 0.6 is 0 Å². The molecule has 3 rings (SSSR count). The van der Waals surface area contributed by atoms with Gasteiger partial charge in [0.25, 0.3) is 5.91 Å². The lowest BCUT2D eigenvalue weighted by Gasteiger charge is -2.25. The minimum absolute atomic E-state index is 0.175. The molecule has 1 aliphatic rings. The van der Waals surface area contributed by atoms with Crippen LogP contribution in [-0.4, -0.2) is 60.0 Å². The van der Waals surface area contributed by atoms with Crippen LogP contribution in [0.4, 0.5) is 0 Å². The van der Waals surface area contributed by atoms with Crippen LogP contribution in [-0.2, 0) is 14.8 Å². The number of rotatable bonds is 7. The van der Waals surface area contributed by atoms with Gasteiger partial charge in [0.05, 0.1) is 4.90 Å². The highest BCUT2D eigenvalue weighted by Gasteiger charge is 2.26. The minimum atomic E-state index is -3.56. The lowest BCUT2D eigenvalue weighted by Crippen LogP contribution is -2.35. The third kappa shape index (κ3) is 3.96. The van der Waals surface area contributed by atoms with E-state index in [-0.39, 0.29) is 17.4 Å². The molecule has 1 aromatic heterocycles. The fourth-order valence-corrected chi connectivity index (χ4v) is 4.36. The third-order valence-corrected chi connectivity index (χ3v) is 6.12. The summed E-state index contributed by atoms with van der Waals surface area (Å²) in [6.07, 6.45) is 3.62. The van der Waals surface area contributed by atoms with Gasteiger partial charge in [-0.05, 0) is 42.7 Å². The first-order chi connectivity index (χ1) is 12.5. The van der Waals surface area contributed by atoms with Gasteiger partial charge in [0, 0.05) is 19.6 Å². The van der Waals surface area contributed by atoms with Crippen molar-refractivity contribution in [1.29, 1.82) is 0 Å². The summed E-state index contributed by atoms with van der Waals surface area (Å²) >= 11 is 0. The Labute approximate surface area is 152 Å². The molecule has 0 atom stereocenters. The van der Waals surface area contributed by atoms with Gasteiger partial charge in [-0.3, -0.25) is 4.79 Å². The number of piperidine rings is 1. The smallest absolute Gasteiger partial charge is 0.260 e. The number of aromatic nitrogens is 3. The molecule has 0 bridgehead atoms. The molecule has 0 saturated carbocycles. The molecule has 2 heterocycles. The fraction of sp³-hybridized carbons (Fsp3) is 0.562. The van der Waals surface area contributed by atoms with Crippen molar-refractivity contribution in [1.82, 2.24) is 24.8 Å². The quantitative estimate of drug-likeness (QED) is 0.751. The Kier molecular flexibility index (Phi) is 5.72. The Morgan fingerprint density at radius 1 is 1.27 bits per heavy atom. The zero-order valence-corrected chi connectivity index (χ0v) is 15.5. The number of amides is 1. The molecule has 1 saturated heterocycles. The lowest BCUT2D eigenvalue weighted by atomic mass is 10.2. The number of benzene rings is 1. The van der Waals surface area contributed by atoms with E-state index in [1.165, 1.54) is 16.4 Å². The maximum Gasteiger partial charge on any atom is 0.260 e. The number of sulfonamides is 1. The number of carbonyl (C=O) groups is 1. The molecule has 2 aromatic rings. The van der Waals surface area contributed by atoms with Crippen molar-refractivity contribution in [3.05, 3.63) is 18.2 Å². The predicted octanol–water partition coefficient (Wildman–Crippen LogP) is 0.561. The molecule has 0 spiro atoms. The third-order valence-electron chi connectivity index (χ3n) is 4.23.